The second-order valence-corrected chi connectivity index (χ2v) is 9.41. The van der Waals surface area contributed by atoms with Crippen molar-refractivity contribution in [3.8, 4) is 11.5 Å². The molecule has 1 atom stereocenters. The lowest BCUT2D eigenvalue weighted by Crippen LogP contribution is -2.32. The highest BCUT2D eigenvalue weighted by atomic mass is 16.5. The third-order valence-electron chi connectivity index (χ3n) is 5.67. The molecule has 0 radical (unpaired) electrons. The van der Waals surface area contributed by atoms with Crippen LogP contribution in [0.3, 0.4) is 0 Å². The van der Waals surface area contributed by atoms with Crippen molar-refractivity contribution in [1.82, 2.24) is 4.90 Å². The first-order valence-corrected chi connectivity index (χ1v) is 11.9. The van der Waals surface area contributed by atoms with Crippen LogP contribution in [-0.4, -0.2) is 54.7 Å². The maximum atomic E-state index is 13.1. The average molecular weight is 482 g/mol. The fourth-order valence-electron chi connectivity index (χ4n) is 3.99. The Morgan fingerprint density at radius 3 is 2.31 bits per heavy atom. The third-order valence-corrected chi connectivity index (χ3v) is 5.67. The van der Waals surface area contributed by atoms with E-state index in [1.807, 2.05) is 45.0 Å². The summed E-state index contributed by atoms with van der Waals surface area (Å²) < 4.78 is 16.7. The van der Waals surface area contributed by atoms with Gasteiger partial charge in [-0.25, -0.2) is 0 Å². The minimum Gasteiger partial charge on any atom is -0.507 e. The average Bonchev–Trinajstić information content (AvgIpc) is 3.07. The van der Waals surface area contributed by atoms with Crippen LogP contribution in [0.4, 0.5) is 0 Å². The molecule has 1 heterocycles. The Kier molecular flexibility index (Phi) is 8.57. The number of hydrogen-bond donors (Lipinski definition) is 1. The van der Waals surface area contributed by atoms with Crippen LogP contribution in [0.1, 0.15) is 50.4 Å². The Balaban J connectivity index is 2.04. The van der Waals surface area contributed by atoms with Gasteiger partial charge in [0.05, 0.1) is 30.9 Å². The van der Waals surface area contributed by atoms with Crippen molar-refractivity contribution in [3.63, 3.8) is 0 Å². The molecule has 35 heavy (non-hydrogen) atoms. The van der Waals surface area contributed by atoms with Crippen molar-refractivity contribution in [2.45, 2.75) is 46.8 Å². The van der Waals surface area contributed by atoms with E-state index < -0.39 is 17.7 Å². The van der Waals surface area contributed by atoms with Crippen LogP contribution in [0.25, 0.3) is 5.76 Å². The summed E-state index contributed by atoms with van der Waals surface area (Å²) in [5, 5.41) is 11.3. The van der Waals surface area contributed by atoms with E-state index >= 15 is 0 Å². The number of aliphatic hydroxyl groups is 1. The van der Waals surface area contributed by atoms with Crippen molar-refractivity contribution in [2.24, 2.45) is 5.92 Å². The Bertz CT molecular complexity index is 1090. The number of aryl methyl sites for hydroxylation is 1. The summed E-state index contributed by atoms with van der Waals surface area (Å²) in [6, 6.07) is 11.8. The normalized spacial score (nSPS) is 17.5. The molecule has 0 aliphatic carbocycles. The number of likely N-dealkylation sites (tertiary alicyclic amines) is 1. The van der Waals surface area contributed by atoms with Crippen LogP contribution in [0.5, 0.6) is 11.5 Å². The second kappa shape index (κ2) is 11.4. The number of carbonyl (C=O) groups excluding carboxylic acids is 2. The third kappa shape index (κ3) is 6.03. The Hall–Kier alpha value is -3.32. The van der Waals surface area contributed by atoms with Crippen LogP contribution in [0.15, 0.2) is 48.0 Å². The number of methoxy groups -OCH3 is 1. The van der Waals surface area contributed by atoms with E-state index in [0.29, 0.717) is 35.2 Å². The largest absolute Gasteiger partial charge is 0.507 e. The fourth-order valence-corrected chi connectivity index (χ4v) is 3.99. The first-order valence-electron chi connectivity index (χ1n) is 11.9. The van der Waals surface area contributed by atoms with Gasteiger partial charge in [-0.05, 0) is 68.1 Å². The summed E-state index contributed by atoms with van der Waals surface area (Å²) in [6.07, 6.45) is 0.00625. The summed E-state index contributed by atoms with van der Waals surface area (Å²) >= 11 is 0. The fraction of sp³-hybridized carbons (Fsp3) is 0.429. The number of amides is 1. The lowest BCUT2D eigenvalue weighted by atomic mass is 9.94. The first-order chi connectivity index (χ1) is 16.6. The summed E-state index contributed by atoms with van der Waals surface area (Å²) in [7, 11) is 1.54. The first kappa shape index (κ1) is 26.3. The standard InChI is InChI=1S/C28H35NO6/c1-17(2)16-34-22-10-7-20(8-11-22)25-24(27(31)28(32)29(25)13-14-33-6)26(30)21-9-12-23(19(5)15-21)35-18(3)4/h7-12,15,17-18,25,30H,13-14,16H2,1-6H3/b26-24-. The SMILES string of the molecule is COCCN1C(=O)C(=O)/C(=C(\O)c2ccc(OC(C)C)c(C)c2)C1c1ccc(OCC(C)C)cc1. The molecule has 7 heteroatoms. The number of nitrogens with zero attached hydrogens (tertiary/aromatic N) is 1. The van der Waals surface area contributed by atoms with Crippen molar-refractivity contribution in [2.75, 3.05) is 26.9 Å². The van der Waals surface area contributed by atoms with Gasteiger partial charge < -0.3 is 24.2 Å². The molecule has 1 unspecified atom stereocenters. The van der Waals surface area contributed by atoms with Gasteiger partial charge in [0.1, 0.15) is 17.3 Å². The molecule has 1 aliphatic rings. The van der Waals surface area contributed by atoms with Crippen molar-refractivity contribution >= 4 is 17.4 Å². The lowest BCUT2D eigenvalue weighted by molar-refractivity contribution is -0.140. The highest BCUT2D eigenvalue weighted by Gasteiger charge is 2.45. The molecule has 7 nitrogen and oxygen atoms in total. The number of Topliss-reactive ketones (excluding diaryl/α,β-unsaturated/α-hetero) is 1. The van der Waals surface area contributed by atoms with Crippen LogP contribution < -0.4 is 9.47 Å². The maximum absolute atomic E-state index is 13.1. The molecule has 1 saturated heterocycles. The number of hydrogen-bond acceptors (Lipinski definition) is 6. The number of aliphatic hydroxyl groups excluding tert-OH is 1. The number of rotatable bonds is 10. The molecule has 0 aromatic heterocycles. The molecule has 2 aromatic rings. The lowest BCUT2D eigenvalue weighted by Gasteiger charge is -2.25. The molecular formula is C28H35NO6. The van der Waals surface area contributed by atoms with Gasteiger partial charge >= 0.3 is 0 Å². The Labute approximate surface area is 207 Å². The van der Waals surface area contributed by atoms with E-state index in [4.69, 9.17) is 14.2 Å². The second-order valence-electron chi connectivity index (χ2n) is 9.41. The van der Waals surface area contributed by atoms with E-state index in [1.54, 1.807) is 18.2 Å². The zero-order valence-electron chi connectivity index (χ0n) is 21.3. The Morgan fingerprint density at radius 1 is 1.06 bits per heavy atom. The molecule has 1 fully saturated rings. The number of ether oxygens (including phenoxy) is 3. The van der Waals surface area contributed by atoms with Gasteiger partial charge in [0, 0.05) is 19.2 Å². The molecule has 1 amide bonds. The molecule has 2 aromatic carbocycles. The molecule has 3 rings (SSSR count). The molecule has 0 saturated carbocycles. The monoisotopic (exact) mass is 481 g/mol. The van der Waals surface area contributed by atoms with E-state index in [-0.39, 0.29) is 30.6 Å². The molecule has 0 bridgehead atoms. The molecule has 1 aliphatic heterocycles. The van der Waals surface area contributed by atoms with Gasteiger partial charge in [-0.15, -0.1) is 0 Å². The maximum Gasteiger partial charge on any atom is 0.295 e. The summed E-state index contributed by atoms with van der Waals surface area (Å²) in [5.74, 6) is 0.191. The molecule has 1 N–H and O–H groups in total. The number of ketones is 1. The van der Waals surface area contributed by atoms with E-state index in [9.17, 15) is 14.7 Å². The van der Waals surface area contributed by atoms with E-state index in [1.165, 1.54) is 12.0 Å². The summed E-state index contributed by atoms with van der Waals surface area (Å²) in [5.41, 5.74) is 2.03. The van der Waals surface area contributed by atoms with Crippen LogP contribution >= 0.6 is 0 Å². The Morgan fingerprint density at radius 2 is 1.74 bits per heavy atom. The van der Waals surface area contributed by atoms with Gasteiger partial charge in [0.15, 0.2) is 0 Å². The van der Waals surface area contributed by atoms with E-state index in [0.717, 1.165) is 5.56 Å². The van der Waals surface area contributed by atoms with Crippen LogP contribution in [-0.2, 0) is 14.3 Å². The zero-order valence-corrected chi connectivity index (χ0v) is 21.3. The predicted octanol–water partition coefficient (Wildman–Crippen LogP) is 4.89. The minimum absolute atomic E-state index is 0.00625. The minimum atomic E-state index is -0.740. The van der Waals surface area contributed by atoms with Gasteiger partial charge in [-0.2, -0.15) is 0 Å². The topological polar surface area (TPSA) is 85.3 Å². The molecule has 0 spiro atoms. The quantitative estimate of drug-likeness (QED) is 0.296. The van der Waals surface area contributed by atoms with Crippen molar-refractivity contribution in [1.29, 1.82) is 0 Å². The van der Waals surface area contributed by atoms with Gasteiger partial charge in [-0.3, -0.25) is 9.59 Å². The molecular weight excluding hydrogens is 446 g/mol. The van der Waals surface area contributed by atoms with Crippen LogP contribution in [0, 0.1) is 12.8 Å². The van der Waals surface area contributed by atoms with E-state index in [2.05, 4.69) is 13.8 Å². The summed E-state index contributed by atoms with van der Waals surface area (Å²) in [6.45, 7) is 11.0. The zero-order chi connectivity index (χ0) is 25.7. The summed E-state index contributed by atoms with van der Waals surface area (Å²) in [4.78, 5) is 27.5. The van der Waals surface area contributed by atoms with Gasteiger partial charge in [-0.1, -0.05) is 26.0 Å². The smallest absolute Gasteiger partial charge is 0.295 e. The van der Waals surface area contributed by atoms with Gasteiger partial charge in [0.2, 0.25) is 0 Å². The van der Waals surface area contributed by atoms with Crippen molar-refractivity contribution in [3.05, 3.63) is 64.7 Å². The number of carbonyl (C=O) groups is 2. The number of benzene rings is 2. The highest BCUT2D eigenvalue weighted by Crippen LogP contribution is 2.40. The van der Waals surface area contributed by atoms with Gasteiger partial charge in [0.25, 0.3) is 11.7 Å². The van der Waals surface area contributed by atoms with Crippen molar-refractivity contribution < 1.29 is 28.9 Å². The molecule has 188 valence electrons. The highest BCUT2D eigenvalue weighted by molar-refractivity contribution is 6.46. The van der Waals surface area contributed by atoms with Crippen LogP contribution in [0.2, 0.25) is 0 Å². The predicted molar refractivity (Wildman–Crippen MR) is 135 cm³/mol.